The van der Waals surface area contributed by atoms with E-state index in [1.54, 1.807) is 0 Å². The van der Waals surface area contributed by atoms with E-state index in [4.69, 9.17) is 21.9 Å². The molecule has 1 aromatic heterocycles. The molecule has 1 aromatic rings. The summed E-state index contributed by atoms with van der Waals surface area (Å²) in [7, 11) is 0. The summed E-state index contributed by atoms with van der Waals surface area (Å²) in [5, 5.41) is 4.09. The van der Waals surface area contributed by atoms with Crippen molar-refractivity contribution in [3.8, 4) is 0 Å². The highest BCUT2D eigenvalue weighted by atomic mass is 35.5. The molecule has 1 aliphatic rings. The van der Waals surface area contributed by atoms with E-state index in [-0.39, 0.29) is 11.9 Å². The molecule has 20 heavy (non-hydrogen) atoms. The smallest absolute Gasteiger partial charge is 0.229 e. The number of rotatable bonds is 4. The monoisotopic (exact) mass is 299 g/mol. The fourth-order valence-electron chi connectivity index (χ4n) is 2.70. The van der Waals surface area contributed by atoms with Gasteiger partial charge in [-0.3, -0.25) is 4.79 Å². The van der Waals surface area contributed by atoms with Crippen molar-refractivity contribution < 1.29 is 9.32 Å². The molecule has 2 atom stereocenters. The molecule has 2 unspecified atom stereocenters. The standard InChI is InChI=1S/C14H22ClN3O2/c1-9(16)11-4-3-7-18(8-11)13(19)6-5-12-10(2)17-20-14(12)15/h9,11H,3-8,16H2,1-2H3. The van der Waals surface area contributed by atoms with Gasteiger partial charge in [-0.2, -0.15) is 0 Å². The Kier molecular flexibility index (Phi) is 5.05. The number of nitrogens with two attached hydrogens (primary N) is 1. The van der Waals surface area contributed by atoms with Crippen LogP contribution in [0.25, 0.3) is 0 Å². The molecule has 0 saturated carbocycles. The van der Waals surface area contributed by atoms with Gasteiger partial charge in [0.1, 0.15) is 0 Å². The van der Waals surface area contributed by atoms with Crippen molar-refractivity contribution in [2.45, 2.75) is 45.6 Å². The fraction of sp³-hybridized carbons (Fsp3) is 0.714. The Balaban J connectivity index is 1.89. The van der Waals surface area contributed by atoms with Gasteiger partial charge in [-0.25, -0.2) is 0 Å². The zero-order chi connectivity index (χ0) is 14.7. The Morgan fingerprint density at radius 1 is 1.65 bits per heavy atom. The van der Waals surface area contributed by atoms with Gasteiger partial charge in [0.2, 0.25) is 11.1 Å². The summed E-state index contributed by atoms with van der Waals surface area (Å²) in [5.74, 6) is 0.570. The molecule has 1 saturated heterocycles. The molecule has 2 rings (SSSR count). The maximum Gasteiger partial charge on any atom is 0.229 e. The number of amides is 1. The molecule has 2 N–H and O–H groups in total. The summed E-state index contributed by atoms with van der Waals surface area (Å²) in [4.78, 5) is 14.2. The number of aromatic nitrogens is 1. The average molecular weight is 300 g/mol. The molecule has 0 bridgehead atoms. The van der Waals surface area contributed by atoms with Gasteiger partial charge in [0.05, 0.1) is 5.69 Å². The van der Waals surface area contributed by atoms with Gasteiger partial charge < -0.3 is 15.2 Å². The number of halogens is 1. The van der Waals surface area contributed by atoms with Crippen molar-refractivity contribution in [2.75, 3.05) is 13.1 Å². The van der Waals surface area contributed by atoms with Crippen molar-refractivity contribution in [3.05, 3.63) is 16.5 Å². The Morgan fingerprint density at radius 3 is 3.00 bits per heavy atom. The van der Waals surface area contributed by atoms with Crippen LogP contribution in [0.1, 0.15) is 37.4 Å². The van der Waals surface area contributed by atoms with E-state index >= 15 is 0 Å². The third kappa shape index (κ3) is 3.52. The second-order valence-electron chi connectivity index (χ2n) is 5.62. The van der Waals surface area contributed by atoms with Crippen LogP contribution in [-0.4, -0.2) is 35.1 Å². The highest BCUT2D eigenvalue weighted by Crippen LogP contribution is 2.23. The van der Waals surface area contributed by atoms with E-state index in [2.05, 4.69) is 5.16 Å². The first kappa shape index (κ1) is 15.3. The van der Waals surface area contributed by atoms with Crippen molar-refractivity contribution in [3.63, 3.8) is 0 Å². The summed E-state index contributed by atoms with van der Waals surface area (Å²) < 4.78 is 4.90. The normalized spacial score (nSPS) is 21.0. The third-order valence-corrected chi connectivity index (χ3v) is 4.38. The minimum absolute atomic E-state index is 0.139. The largest absolute Gasteiger partial charge is 0.344 e. The van der Waals surface area contributed by atoms with E-state index < -0.39 is 0 Å². The number of hydrogen-bond acceptors (Lipinski definition) is 4. The minimum atomic E-state index is 0.139. The molecule has 0 radical (unpaired) electrons. The second-order valence-corrected chi connectivity index (χ2v) is 5.96. The van der Waals surface area contributed by atoms with Crippen molar-refractivity contribution in [1.82, 2.24) is 10.1 Å². The predicted molar refractivity (Wildman–Crippen MR) is 77.5 cm³/mol. The molecule has 0 aliphatic carbocycles. The number of carbonyl (C=O) groups is 1. The molecule has 5 nitrogen and oxygen atoms in total. The minimum Gasteiger partial charge on any atom is -0.344 e. The van der Waals surface area contributed by atoms with Gasteiger partial charge in [0.15, 0.2) is 0 Å². The van der Waals surface area contributed by atoms with Crippen LogP contribution in [0.4, 0.5) is 0 Å². The Hall–Kier alpha value is -1.07. The lowest BCUT2D eigenvalue weighted by atomic mass is 9.92. The first-order chi connectivity index (χ1) is 9.49. The van der Waals surface area contributed by atoms with Crippen LogP contribution in [0.15, 0.2) is 4.52 Å². The molecule has 1 fully saturated rings. The summed E-state index contributed by atoms with van der Waals surface area (Å²) in [6.45, 7) is 5.45. The number of nitrogens with zero attached hydrogens (tertiary/aromatic N) is 2. The highest BCUT2D eigenvalue weighted by Gasteiger charge is 2.26. The van der Waals surface area contributed by atoms with Crippen molar-refractivity contribution >= 4 is 17.5 Å². The Bertz CT molecular complexity index is 453. The lowest BCUT2D eigenvalue weighted by Gasteiger charge is -2.34. The molecule has 0 spiro atoms. The number of carbonyl (C=O) groups excluding carboxylic acids is 1. The van der Waals surface area contributed by atoms with E-state index in [9.17, 15) is 4.79 Å². The summed E-state index contributed by atoms with van der Waals surface area (Å²) >= 11 is 5.91. The van der Waals surface area contributed by atoms with E-state index in [0.717, 1.165) is 37.2 Å². The summed E-state index contributed by atoms with van der Waals surface area (Å²) in [6, 6.07) is 0.139. The van der Waals surface area contributed by atoms with Crippen LogP contribution in [0, 0.1) is 12.8 Å². The molecule has 2 heterocycles. The van der Waals surface area contributed by atoms with Gasteiger partial charge in [-0.05, 0) is 50.6 Å². The van der Waals surface area contributed by atoms with Crippen molar-refractivity contribution in [2.24, 2.45) is 11.7 Å². The quantitative estimate of drug-likeness (QED) is 0.924. The van der Waals surface area contributed by atoms with Crippen LogP contribution in [0.2, 0.25) is 5.22 Å². The number of likely N-dealkylation sites (tertiary alicyclic amines) is 1. The fourth-order valence-corrected chi connectivity index (χ4v) is 2.96. The number of piperidine rings is 1. The summed E-state index contributed by atoms with van der Waals surface area (Å²) in [5.41, 5.74) is 7.54. The average Bonchev–Trinajstić information content (AvgIpc) is 2.75. The van der Waals surface area contributed by atoms with E-state index in [0.29, 0.717) is 24.0 Å². The lowest BCUT2D eigenvalue weighted by Crippen LogP contribution is -2.45. The molecule has 1 amide bonds. The van der Waals surface area contributed by atoms with E-state index in [1.165, 1.54) is 0 Å². The topological polar surface area (TPSA) is 72.4 Å². The van der Waals surface area contributed by atoms with Gasteiger partial charge >= 0.3 is 0 Å². The summed E-state index contributed by atoms with van der Waals surface area (Å²) in [6.07, 6.45) is 3.16. The lowest BCUT2D eigenvalue weighted by molar-refractivity contribution is -0.133. The first-order valence-corrected chi connectivity index (χ1v) is 7.51. The molecular formula is C14H22ClN3O2. The Labute approximate surface area is 124 Å². The zero-order valence-electron chi connectivity index (χ0n) is 12.1. The van der Waals surface area contributed by atoms with E-state index in [1.807, 2.05) is 18.7 Å². The zero-order valence-corrected chi connectivity index (χ0v) is 12.8. The van der Waals surface area contributed by atoms with Crippen LogP contribution >= 0.6 is 11.6 Å². The molecule has 6 heteroatoms. The second kappa shape index (κ2) is 6.59. The number of hydrogen-bond donors (Lipinski definition) is 1. The maximum absolute atomic E-state index is 12.3. The van der Waals surface area contributed by atoms with Gasteiger partial charge in [-0.1, -0.05) is 5.16 Å². The van der Waals surface area contributed by atoms with Crippen LogP contribution in [0.5, 0.6) is 0 Å². The predicted octanol–water partition coefficient (Wildman–Crippen LogP) is 2.15. The van der Waals surface area contributed by atoms with Crippen LogP contribution in [-0.2, 0) is 11.2 Å². The highest BCUT2D eigenvalue weighted by molar-refractivity contribution is 6.29. The number of aryl methyl sites for hydroxylation is 1. The molecule has 1 aliphatic heterocycles. The van der Waals surface area contributed by atoms with Gasteiger partial charge in [0, 0.05) is 31.1 Å². The third-order valence-electron chi connectivity index (χ3n) is 4.08. The first-order valence-electron chi connectivity index (χ1n) is 7.13. The van der Waals surface area contributed by atoms with Crippen LogP contribution in [0.3, 0.4) is 0 Å². The van der Waals surface area contributed by atoms with Gasteiger partial charge in [0.25, 0.3) is 0 Å². The Morgan fingerprint density at radius 2 is 2.40 bits per heavy atom. The molecule has 0 aromatic carbocycles. The molecular weight excluding hydrogens is 278 g/mol. The van der Waals surface area contributed by atoms with Crippen molar-refractivity contribution in [1.29, 1.82) is 0 Å². The van der Waals surface area contributed by atoms with Crippen LogP contribution < -0.4 is 5.73 Å². The van der Waals surface area contributed by atoms with Gasteiger partial charge in [-0.15, -0.1) is 0 Å². The SMILES string of the molecule is Cc1noc(Cl)c1CCC(=O)N1CCCC(C(C)N)C1. The molecule has 112 valence electrons. The maximum atomic E-state index is 12.3.